The summed E-state index contributed by atoms with van der Waals surface area (Å²) in [5.74, 6) is -0.453. The predicted octanol–water partition coefficient (Wildman–Crippen LogP) is 1.26. The third kappa shape index (κ3) is 3.40. The van der Waals surface area contributed by atoms with Crippen molar-refractivity contribution in [2.45, 2.75) is 51.7 Å². The fourth-order valence-corrected chi connectivity index (χ4v) is 1.77. The fraction of sp³-hybridized carbons (Fsp3) is 0.818. The van der Waals surface area contributed by atoms with Crippen LogP contribution in [-0.4, -0.2) is 35.1 Å². The summed E-state index contributed by atoms with van der Waals surface area (Å²) in [4.78, 5) is 24.5. The summed E-state index contributed by atoms with van der Waals surface area (Å²) in [6, 6.07) is -0.511. The first kappa shape index (κ1) is 12.8. The Bertz CT molecular complexity index is 283. The molecule has 1 atom stereocenters. The van der Waals surface area contributed by atoms with Gasteiger partial charge in [-0.3, -0.25) is 9.69 Å². The monoisotopic (exact) mass is 228 g/mol. The molecule has 0 saturated carbocycles. The van der Waals surface area contributed by atoms with E-state index >= 15 is 0 Å². The van der Waals surface area contributed by atoms with Gasteiger partial charge in [0.05, 0.1) is 0 Å². The van der Waals surface area contributed by atoms with Crippen LogP contribution in [0, 0.1) is 0 Å². The van der Waals surface area contributed by atoms with E-state index in [1.165, 1.54) is 4.90 Å². The van der Waals surface area contributed by atoms with Crippen LogP contribution in [0.2, 0.25) is 0 Å². The number of nitrogens with zero attached hydrogens (tertiary/aromatic N) is 1. The molecule has 5 nitrogen and oxygen atoms in total. The van der Waals surface area contributed by atoms with E-state index in [4.69, 9.17) is 10.5 Å². The summed E-state index contributed by atoms with van der Waals surface area (Å²) in [6.07, 6.45) is 2.00. The molecule has 1 rings (SSSR count). The number of piperidine rings is 1. The standard InChI is InChI=1S/C11H20N2O3/c1-11(2,3)16-10(15)13-7-5-4-6-8(13)9(12)14/h8H,4-7H2,1-3H3,(H2,12,14)/t8-/m1/s1. The van der Waals surface area contributed by atoms with E-state index in [0.717, 1.165) is 12.8 Å². The molecule has 2 N–H and O–H groups in total. The number of ether oxygens (including phenoxy) is 1. The number of rotatable bonds is 1. The van der Waals surface area contributed by atoms with Gasteiger partial charge >= 0.3 is 6.09 Å². The van der Waals surface area contributed by atoms with Gasteiger partial charge in [0.2, 0.25) is 5.91 Å². The highest BCUT2D eigenvalue weighted by Gasteiger charge is 2.33. The number of hydrogen-bond donors (Lipinski definition) is 1. The number of amides is 2. The first-order chi connectivity index (χ1) is 7.31. The minimum atomic E-state index is -0.545. The molecule has 0 aliphatic carbocycles. The number of likely N-dealkylation sites (tertiary alicyclic amines) is 1. The first-order valence-electron chi connectivity index (χ1n) is 5.60. The zero-order valence-electron chi connectivity index (χ0n) is 10.2. The Hall–Kier alpha value is -1.26. The molecule has 2 amide bonds. The molecular weight excluding hydrogens is 208 g/mol. The molecule has 0 radical (unpaired) electrons. The molecule has 92 valence electrons. The van der Waals surface area contributed by atoms with E-state index in [1.54, 1.807) is 20.8 Å². The molecule has 1 aliphatic rings. The van der Waals surface area contributed by atoms with Crippen molar-refractivity contribution < 1.29 is 14.3 Å². The molecule has 1 heterocycles. The first-order valence-corrected chi connectivity index (χ1v) is 5.60. The number of primary amides is 1. The van der Waals surface area contributed by atoms with Crippen molar-refractivity contribution in [3.8, 4) is 0 Å². The van der Waals surface area contributed by atoms with E-state index < -0.39 is 23.6 Å². The summed E-state index contributed by atoms with van der Waals surface area (Å²) in [6.45, 7) is 5.94. The quantitative estimate of drug-likeness (QED) is 0.734. The van der Waals surface area contributed by atoms with Gasteiger partial charge in [-0.15, -0.1) is 0 Å². The molecule has 0 unspecified atom stereocenters. The second kappa shape index (κ2) is 4.72. The smallest absolute Gasteiger partial charge is 0.410 e. The second-order valence-corrected chi connectivity index (χ2v) is 5.09. The van der Waals surface area contributed by atoms with E-state index in [1.807, 2.05) is 0 Å². The van der Waals surface area contributed by atoms with Gasteiger partial charge in [-0.05, 0) is 40.0 Å². The van der Waals surface area contributed by atoms with Crippen molar-refractivity contribution in [3.05, 3.63) is 0 Å². The highest BCUT2D eigenvalue weighted by molar-refractivity contribution is 5.84. The van der Waals surface area contributed by atoms with Crippen LogP contribution in [0.5, 0.6) is 0 Å². The van der Waals surface area contributed by atoms with Crippen LogP contribution in [0.1, 0.15) is 40.0 Å². The molecule has 0 spiro atoms. The maximum absolute atomic E-state index is 11.8. The largest absolute Gasteiger partial charge is 0.444 e. The van der Waals surface area contributed by atoms with Crippen molar-refractivity contribution in [3.63, 3.8) is 0 Å². The minimum absolute atomic E-state index is 0.448. The van der Waals surface area contributed by atoms with Crippen molar-refractivity contribution in [2.24, 2.45) is 5.73 Å². The topological polar surface area (TPSA) is 72.6 Å². The van der Waals surface area contributed by atoms with Gasteiger partial charge in [0, 0.05) is 6.54 Å². The van der Waals surface area contributed by atoms with Crippen LogP contribution in [-0.2, 0) is 9.53 Å². The Morgan fingerprint density at radius 2 is 1.94 bits per heavy atom. The Morgan fingerprint density at radius 1 is 1.31 bits per heavy atom. The van der Waals surface area contributed by atoms with Crippen LogP contribution < -0.4 is 5.73 Å². The summed E-state index contributed by atoms with van der Waals surface area (Å²) in [5, 5.41) is 0. The molecule has 0 bridgehead atoms. The Morgan fingerprint density at radius 3 is 2.44 bits per heavy atom. The fourth-order valence-electron chi connectivity index (χ4n) is 1.77. The number of nitrogens with two attached hydrogens (primary N) is 1. The number of hydrogen-bond acceptors (Lipinski definition) is 3. The van der Waals surface area contributed by atoms with Gasteiger partial charge in [0.25, 0.3) is 0 Å². The van der Waals surface area contributed by atoms with Gasteiger partial charge in [-0.1, -0.05) is 0 Å². The normalized spacial score (nSPS) is 21.7. The molecule has 0 aromatic heterocycles. The van der Waals surface area contributed by atoms with Crippen molar-refractivity contribution in [1.29, 1.82) is 0 Å². The molecule has 0 aromatic carbocycles. The lowest BCUT2D eigenvalue weighted by molar-refractivity contribution is -0.124. The Balaban J connectivity index is 2.68. The van der Waals surface area contributed by atoms with Crippen molar-refractivity contribution in [2.75, 3.05) is 6.54 Å². The zero-order chi connectivity index (χ0) is 12.3. The maximum Gasteiger partial charge on any atom is 0.410 e. The van der Waals surface area contributed by atoms with E-state index in [-0.39, 0.29) is 0 Å². The summed E-state index contributed by atoms with van der Waals surface area (Å²) >= 11 is 0. The van der Waals surface area contributed by atoms with Crippen LogP contribution in [0.3, 0.4) is 0 Å². The molecular formula is C11H20N2O3. The van der Waals surface area contributed by atoms with Gasteiger partial charge in [-0.2, -0.15) is 0 Å². The summed E-state index contributed by atoms with van der Waals surface area (Å²) in [5.41, 5.74) is 4.73. The van der Waals surface area contributed by atoms with Gasteiger partial charge < -0.3 is 10.5 Å². The number of carbonyl (C=O) groups excluding carboxylic acids is 2. The van der Waals surface area contributed by atoms with Crippen molar-refractivity contribution in [1.82, 2.24) is 4.90 Å². The Kier molecular flexibility index (Phi) is 3.78. The lowest BCUT2D eigenvalue weighted by Gasteiger charge is -2.34. The lowest BCUT2D eigenvalue weighted by Crippen LogP contribution is -2.51. The SMILES string of the molecule is CC(C)(C)OC(=O)N1CCCC[C@@H]1C(N)=O. The van der Waals surface area contributed by atoms with Gasteiger partial charge in [-0.25, -0.2) is 4.79 Å². The molecule has 1 saturated heterocycles. The summed E-state index contributed by atoms with van der Waals surface area (Å²) < 4.78 is 5.24. The van der Waals surface area contributed by atoms with Gasteiger partial charge in [0.1, 0.15) is 11.6 Å². The lowest BCUT2D eigenvalue weighted by atomic mass is 10.0. The van der Waals surface area contributed by atoms with E-state index in [2.05, 4.69) is 0 Å². The molecule has 1 aliphatic heterocycles. The second-order valence-electron chi connectivity index (χ2n) is 5.09. The third-order valence-electron chi connectivity index (χ3n) is 2.46. The third-order valence-corrected chi connectivity index (χ3v) is 2.46. The van der Waals surface area contributed by atoms with Crippen LogP contribution >= 0.6 is 0 Å². The average molecular weight is 228 g/mol. The highest BCUT2D eigenvalue weighted by Crippen LogP contribution is 2.19. The van der Waals surface area contributed by atoms with Crippen LogP contribution in [0.25, 0.3) is 0 Å². The number of carbonyl (C=O) groups is 2. The molecule has 0 aromatic rings. The Labute approximate surface area is 95.9 Å². The van der Waals surface area contributed by atoms with E-state index in [9.17, 15) is 9.59 Å². The summed E-state index contributed by atoms with van der Waals surface area (Å²) in [7, 11) is 0. The maximum atomic E-state index is 11.8. The van der Waals surface area contributed by atoms with Crippen LogP contribution in [0.4, 0.5) is 4.79 Å². The highest BCUT2D eigenvalue weighted by atomic mass is 16.6. The van der Waals surface area contributed by atoms with Crippen LogP contribution in [0.15, 0.2) is 0 Å². The minimum Gasteiger partial charge on any atom is -0.444 e. The zero-order valence-corrected chi connectivity index (χ0v) is 10.2. The van der Waals surface area contributed by atoms with E-state index in [0.29, 0.717) is 13.0 Å². The molecule has 5 heteroatoms. The molecule has 1 fully saturated rings. The predicted molar refractivity (Wildman–Crippen MR) is 59.8 cm³/mol. The molecule has 16 heavy (non-hydrogen) atoms. The van der Waals surface area contributed by atoms with Gasteiger partial charge in [0.15, 0.2) is 0 Å². The van der Waals surface area contributed by atoms with Crippen molar-refractivity contribution >= 4 is 12.0 Å². The average Bonchev–Trinajstić information content (AvgIpc) is 2.15.